The second kappa shape index (κ2) is 9.09. The summed E-state index contributed by atoms with van der Waals surface area (Å²) < 4.78 is 5.29. The third-order valence-corrected chi connectivity index (χ3v) is 5.54. The molecule has 2 fully saturated rings. The van der Waals surface area contributed by atoms with Crippen molar-refractivity contribution in [2.45, 2.75) is 19.3 Å². The van der Waals surface area contributed by atoms with Gasteiger partial charge in [-0.2, -0.15) is 0 Å². The standard InChI is InChI=1S/C23H27N3O3/c27-22(24-20-8-10-21(11-9-20)25-12-2-1-3-13-25)18-4-6-19(7-5-18)23(28)26-14-16-29-17-15-26/h4-11H,1-3,12-17H2,(H,24,27). The van der Waals surface area contributed by atoms with Crippen LogP contribution in [0.25, 0.3) is 0 Å². The van der Waals surface area contributed by atoms with Crippen molar-refractivity contribution in [3.63, 3.8) is 0 Å². The van der Waals surface area contributed by atoms with Crippen LogP contribution in [0.4, 0.5) is 11.4 Å². The second-order valence-corrected chi connectivity index (χ2v) is 7.53. The first-order valence-electron chi connectivity index (χ1n) is 10.3. The average molecular weight is 393 g/mol. The van der Waals surface area contributed by atoms with Gasteiger partial charge in [0.15, 0.2) is 0 Å². The third kappa shape index (κ3) is 4.77. The molecule has 2 aliphatic rings. The summed E-state index contributed by atoms with van der Waals surface area (Å²) in [4.78, 5) is 29.2. The monoisotopic (exact) mass is 393 g/mol. The molecule has 2 amide bonds. The summed E-state index contributed by atoms with van der Waals surface area (Å²) in [6.07, 6.45) is 3.78. The molecule has 0 atom stereocenters. The first-order valence-corrected chi connectivity index (χ1v) is 10.3. The molecule has 0 bridgehead atoms. The summed E-state index contributed by atoms with van der Waals surface area (Å²) in [5.74, 6) is -0.199. The maximum absolute atomic E-state index is 12.6. The van der Waals surface area contributed by atoms with E-state index in [-0.39, 0.29) is 11.8 Å². The fourth-order valence-corrected chi connectivity index (χ4v) is 3.82. The van der Waals surface area contributed by atoms with Crippen LogP contribution in [0, 0.1) is 0 Å². The Labute approximate surface area is 171 Å². The highest BCUT2D eigenvalue weighted by Gasteiger charge is 2.19. The molecule has 6 heteroatoms. The van der Waals surface area contributed by atoms with Crippen LogP contribution in [0.1, 0.15) is 40.0 Å². The lowest BCUT2D eigenvalue weighted by Gasteiger charge is -2.28. The second-order valence-electron chi connectivity index (χ2n) is 7.53. The summed E-state index contributed by atoms with van der Waals surface area (Å²) in [6, 6.07) is 14.8. The number of morpholine rings is 1. The molecule has 2 aromatic rings. The molecule has 2 aromatic carbocycles. The topological polar surface area (TPSA) is 61.9 Å². The van der Waals surface area contributed by atoms with Crippen LogP contribution in [0.15, 0.2) is 48.5 Å². The minimum atomic E-state index is -0.180. The van der Waals surface area contributed by atoms with Crippen molar-refractivity contribution in [2.24, 2.45) is 0 Å². The zero-order valence-electron chi connectivity index (χ0n) is 16.6. The van der Waals surface area contributed by atoms with Gasteiger partial charge in [0.05, 0.1) is 13.2 Å². The van der Waals surface area contributed by atoms with Crippen LogP contribution in [0.5, 0.6) is 0 Å². The molecule has 0 unspecified atom stereocenters. The van der Waals surface area contributed by atoms with E-state index in [1.807, 2.05) is 12.1 Å². The average Bonchev–Trinajstić information content (AvgIpc) is 2.80. The molecule has 0 saturated carbocycles. The lowest BCUT2D eigenvalue weighted by Crippen LogP contribution is -2.40. The molecule has 2 aliphatic heterocycles. The van der Waals surface area contributed by atoms with E-state index < -0.39 is 0 Å². The van der Waals surface area contributed by atoms with Crippen molar-refractivity contribution in [3.8, 4) is 0 Å². The Kier molecular flexibility index (Phi) is 6.10. The molecule has 2 heterocycles. The largest absolute Gasteiger partial charge is 0.378 e. The van der Waals surface area contributed by atoms with Gasteiger partial charge >= 0.3 is 0 Å². The van der Waals surface area contributed by atoms with Gasteiger partial charge < -0.3 is 19.9 Å². The maximum atomic E-state index is 12.6. The van der Waals surface area contributed by atoms with E-state index >= 15 is 0 Å². The van der Waals surface area contributed by atoms with Gasteiger partial charge in [0.25, 0.3) is 11.8 Å². The van der Waals surface area contributed by atoms with Gasteiger partial charge in [0.1, 0.15) is 0 Å². The molecule has 6 nitrogen and oxygen atoms in total. The maximum Gasteiger partial charge on any atom is 0.255 e. The Balaban J connectivity index is 1.36. The van der Waals surface area contributed by atoms with Crippen molar-refractivity contribution >= 4 is 23.2 Å². The predicted molar refractivity (Wildman–Crippen MR) is 114 cm³/mol. The Morgan fingerprint density at radius 3 is 2.03 bits per heavy atom. The molecular formula is C23H27N3O3. The van der Waals surface area contributed by atoms with Crippen molar-refractivity contribution in [3.05, 3.63) is 59.7 Å². The van der Waals surface area contributed by atoms with Crippen molar-refractivity contribution < 1.29 is 14.3 Å². The number of anilines is 2. The molecule has 0 radical (unpaired) electrons. The fourth-order valence-electron chi connectivity index (χ4n) is 3.82. The number of carbonyl (C=O) groups is 2. The van der Waals surface area contributed by atoms with Gasteiger partial charge in [-0.05, 0) is 67.8 Å². The number of nitrogens with zero attached hydrogens (tertiary/aromatic N) is 2. The molecule has 1 N–H and O–H groups in total. The number of hydrogen-bond donors (Lipinski definition) is 1. The number of amides is 2. The van der Waals surface area contributed by atoms with Crippen LogP contribution in [-0.4, -0.2) is 56.1 Å². The van der Waals surface area contributed by atoms with Gasteiger partial charge in [-0.15, -0.1) is 0 Å². The number of nitrogens with one attached hydrogen (secondary N) is 1. The third-order valence-electron chi connectivity index (χ3n) is 5.54. The van der Waals surface area contributed by atoms with Gasteiger partial charge in [-0.1, -0.05) is 0 Å². The summed E-state index contributed by atoms with van der Waals surface area (Å²) in [5, 5.41) is 2.93. The summed E-state index contributed by atoms with van der Waals surface area (Å²) in [6.45, 7) is 4.55. The summed E-state index contributed by atoms with van der Waals surface area (Å²) in [7, 11) is 0. The Morgan fingerprint density at radius 2 is 1.38 bits per heavy atom. The van der Waals surface area contributed by atoms with E-state index in [1.54, 1.807) is 29.2 Å². The van der Waals surface area contributed by atoms with Gasteiger partial charge in [0, 0.05) is 48.7 Å². The van der Waals surface area contributed by atoms with E-state index in [2.05, 4.69) is 22.3 Å². The Morgan fingerprint density at radius 1 is 0.759 bits per heavy atom. The zero-order valence-corrected chi connectivity index (χ0v) is 16.6. The highest BCUT2D eigenvalue weighted by atomic mass is 16.5. The molecular weight excluding hydrogens is 366 g/mol. The molecule has 4 rings (SSSR count). The van der Waals surface area contributed by atoms with Crippen LogP contribution >= 0.6 is 0 Å². The molecule has 0 aromatic heterocycles. The zero-order chi connectivity index (χ0) is 20.1. The number of benzene rings is 2. The number of rotatable bonds is 4. The molecule has 29 heavy (non-hydrogen) atoms. The van der Waals surface area contributed by atoms with E-state index in [0.29, 0.717) is 37.4 Å². The Bertz CT molecular complexity index is 837. The van der Waals surface area contributed by atoms with Crippen LogP contribution in [0.2, 0.25) is 0 Å². The highest BCUT2D eigenvalue weighted by molar-refractivity contribution is 6.05. The smallest absolute Gasteiger partial charge is 0.255 e. The number of carbonyl (C=O) groups excluding carboxylic acids is 2. The number of piperidine rings is 1. The van der Waals surface area contributed by atoms with E-state index in [4.69, 9.17) is 4.74 Å². The highest BCUT2D eigenvalue weighted by Crippen LogP contribution is 2.22. The SMILES string of the molecule is O=C(Nc1ccc(N2CCCCC2)cc1)c1ccc(C(=O)N2CCOCC2)cc1. The quantitative estimate of drug-likeness (QED) is 0.865. The van der Waals surface area contributed by atoms with Crippen molar-refractivity contribution in [1.29, 1.82) is 0 Å². The van der Waals surface area contributed by atoms with Crippen molar-refractivity contribution in [1.82, 2.24) is 4.90 Å². The Hall–Kier alpha value is -2.86. The number of ether oxygens (including phenoxy) is 1. The lowest BCUT2D eigenvalue weighted by atomic mass is 10.1. The molecule has 0 aliphatic carbocycles. The fraction of sp³-hybridized carbons (Fsp3) is 0.391. The van der Waals surface area contributed by atoms with Crippen LogP contribution in [0.3, 0.4) is 0 Å². The molecule has 2 saturated heterocycles. The minimum Gasteiger partial charge on any atom is -0.378 e. The van der Waals surface area contributed by atoms with Gasteiger partial charge in [0.2, 0.25) is 0 Å². The van der Waals surface area contributed by atoms with Crippen LogP contribution in [-0.2, 0) is 4.74 Å². The molecule has 0 spiro atoms. The normalized spacial score (nSPS) is 17.1. The van der Waals surface area contributed by atoms with Gasteiger partial charge in [-0.25, -0.2) is 0 Å². The van der Waals surface area contributed by atoms with E-state index in [9.17, 15) is 9.59 Å². The van der Waals surface area contributed by atoms with Crippen molar-refractivity contribution in [2.75, 3.05) is 49.6 Å². The van der Waals surface area contributed by atoms with E-state index in [0.717, 1.165) is 18.8 Å². The lowest BCUT2D eigenvalue weighted by molar-refractivity contribution is 0.0303. The summed E-state index contributed by atoms with van der Waals surface area (Å²) >= 11 is 0. The van der Waals surface area contributed by atoms with E-state index in [1.165, 1.54) is 24.9 Å². The van der Waals surface area contributed by atoms with Gasteiger partial charge in [-0.3, -0.25) is 9.59 Å². The predicted octanol–water partition coefficient (Wildman–Crippen LogP) is 3.40. The molecule has 152 valence electrons. The first kappa shape index (κ1) is 19.5. The first-order chi connectivity index (χ1) is 14.2. The number of hydrogen-bond acceptors (Lipinski definition) is 4. The summed E-state index contributed by atoms with van der Waals surface area (Å²) in [5.41, 5.74) is 3.09. The van der Waals surface area contributed by atoms with Crippen LogP contribution < -0.4 is 10.2 Å². The minimum absolute atomic E-state index is 0.0199.